The summed E-state index contributed by atoms with van der Waals surface area (Å²) < 4.78 is 53.0. The Bertz CT molecular complexity index is 1300. The van der Waals surface area contributed by atoms with Crippen LogP contribution in [-0.4, -0.2) is 53.9 Å². The molecule has 38 heavy (non-hydrogen) atoms. The Labute approximate surface area is 222 Å². The van der Waals surface area contributed by atoms with Crippen molar-refractivity contribution in [1.29, 1.82) is 0 Å². The van der Waals surface area contributed by atoms with E-state index in [0.29, 0.717) is 22.4 Å². The first-order valence-corrected chi connectivity index (χ1v) is 13.2. The Balaban J connectivity index is 1.86. The molecular formula is C27H29F3N4O3S. The second kappa shape index (κ2) is 11.0. The fourth-order valence-corrected chi connectivity index (χ4v) is 5.86. The summed E-state index contributed by atoms with van der Waals surface area (Å²) >= 11 is -1.46. The summed E-state index contributed by atoms with van der Waals surface area (Å²) in [5, 5.41) is 11.8. The lowest BCUT2D eigenvalue weighted by Gasteiger charge is -2.33. The standard InChI is InChI=1S/C27H29F3N4O3S/c1-26(2,3)38(37)34-15-20-13-21(25(36)32-16-27(28,29)30)33-24(23(20)22(34)9-11-35)18-7-4-6-17(12-18)19-8-5-10-31-14-19/h4-8,10,12-14,22,35H,9,11,15-16H2,1-3H3,(H,32,36)/t22?,38-/m1/s1. The molecule has 0 fully saturated rings. The molecule has 0 saturated carbocycles. The van der Waals surface area contributed by atoms with Crippen molar-refractivity contribution in [2.75, 3.05) is 13.2 Å². The van der Waals surface area contributed by atoms with Gasteiger partial charge in [-0.3, -0.25) is 9.78 Å². The highest BCUT2D eigenvalue weighted by Gasteiger charge is 2.45. The lowest BCUT2D eigenvalue weighted by atomic mass is 9.94. The van der Waals surface area contributed by atoms with Crippen molar-refractivity contribution < 1.29 is 27.6 Å². The number of halogens is 3. The summed E-state index contributed by atoms with van der Waals surface area (Å²) in [4.78, 5) is 21.4. The molecule has 202 valence electrons. The molecular weight excluding hydrogens is 517 g/mol. The molecule has 0 radical (unpaired) electrons. The molecule has 1 unspecified atom stereocenters. The summed E-state index contributed by atoms with van der Waals surface area (Å²) in [6, 6.07) is 12.1. The molecule has 0 bridgehead atoms. The van der Waals surface area contributed by atoms with Crippen LogP contribution in [0.4, 0.5) is 13.2 Å². The molecule has 11 heteroatoms. The van der Waals surface area contributed by atoms with Crippen molar-refractivity contribution in [2.24, 2.45) is 0 Å². The third kappa shape index (κ3) is 6.17. The second-order valence-electron chi connectivity index (χ2n) is 10.0. The van der Waals surface area contributed by atoms with Crippen LogP contribution in [0.15, 0.2) is 54.9 Å². The van der Waals surface area contributed by atoms with Gasteiger partial charge in [0.25, 0.3) is 5.91 Å². The number of amides is 1. The summed E-state index contributed by atoms with van der Waals surface area (Å²) in [7, 11) is 0. The van der Waals surface area contributed by atoms with Crippen molar-refractivity contribution in [1.82, 2.24) is 19.6 Å². The average molecular weight is 547 g/mol. The van der Waals surface area contributed by atoms with E-state index >= 15 is 0 Å². The molecule has 7 nitrogen and oxygen atoms in total. The minimum atomic E-state index is -4.57. The number of alkyl halides is 3. The third-order valence-corrected chi connectivity index (χ3v) is 7.96. The predicted molar refractivity (Wildman–Crippen MR) is 139 cm³/mol. The number of aliphatic hydroxyl groups is 1. The van der Waals surface area contributed by atoms with E-state index in [-0.39, 0.29) is 25.3 Å². The van der Waals surface area contributed by atoms with Crippen LogP contribution < -0.4 is 5.32 Å². The number of aliphatic hydroxyl groups excluding tert-OH is 1. The monoisotopic (exact) mass is 546 g/mol. The summed E-state index contributed by atoms with van der Waals surface area (Å²) in [5.41, 5.74) is 3.90. The number of fused-ring (bicyclic) bond motifs is 1. The number of hydrogen-bond acceptors (Lipinski definition) is 6. The maximum absolute atomic E-state index is 13.5. The van der Waals surface area contributed by atoms with Crippen LogP contribution in [0.5, 0.6) is 0 Å². The van der Waals surface area contributed by atoms with E-state index in [1.165, 1.54) is 6.07 Å². The van der Waals surface area contributed by atoms with Gasteiger partial charge in [0.2, 0.25) is 0 Å². The zero-order valence-corrected chi connectivity index (χ0v) is 22.1. The number of nitrogens with zero attached hydrogens (tertiary/aromatic N) is 3. The van der Waals surface area contributed by atoms with Crippen molar-refractivity contribution in [2.45, 2.75) is 50.7 Å². The lowest BCUT2D eigenvalue weighted by molar-refractivity contribution is -0.123. The zero-order valence-electron chi connectivity index (χ0n) is 21.2. The molecule has 1 amide bonds. The van der Waals surface area contributed by atoms with Gasteiger partial charge in [-0.25, -0.2) is 4.98 Å². The predicted octanol–water partition coefficient (Wildman–Crippen LogP) is 4.80. The molecule has 0 saturated heterocycles. The minimum absolute atomic E-state index is 0.166. The molecule has 0 spiro atoms. The summed E-state index contributed by atoms with van der Waals surface area (Å²) in [6.45, 7) is 4.06. The van der Waals surface area contributed by atoms with Crippen LogP contribution in [0.2, 0.25) is 0 Å². The van der Waals surface area contributed by atoms with Crippen molar-refractivity contribution in [3.05, 3.63) is 71.7 Å². The maximum Gasteiger partial charge on any atom is 0.405 e. The van der Waals surface area contributed by atoms with Crippen LogP contribution in [0.25, 0.3) is 22.4 Å². The molecule has 1 aromatic carbocycles. The van der Waals surface area contributed by atoms with Gasteiger partial charge in [-0.15, -0.1) is 4.31 Å². The van der Waals surface area contributed by atoms with Gasteiger partial charge in [0.1, 0.15) is 17.0 Å². The second-order valence-corrected chi connectivity index (χ2v) is 12.2. The molecule has 1 aliphatic heterocycles. The van der Waals surface area contributed by atoms with E-state index in [4.69, 9.17) is 0 Å². The van der Waals surface area contributed by atoms with Gasteiger partial charge in [0.05, 0.1) is 18.3 Å². The first-order valence-electron chi connectivity index (χ1n) is 12.1. The number of carbonyl (C=O) groups excluding carboxylic acids is 1. The van der Waals surface area contributed by atoms with Gasteiger partial charge in [0.15, 0.2) is 0 Å². The topological polar surface area (TPSA) is 101 Å². The Morgan fingerprint density at radius 2 is 1.87 bits per heavy atom. The SMILES string of the molecule is CC(C)(C)[S@@+]([O-])N1Cc2cc(C(=O)NCC(F)(F)F)nc(-c3cccc(-c4cccnc4)c3)c2C1CCO. The average Bonchev–Trinajstić information content (AvgIpc) is 3.24. The number of carbonyl (C=O) groups is 1. The molecule has 1 aliphatic rings. The van der Waals surface area contributed by atoms with E-state index < -0.39 is 40.8 Å². The molecule has 4 rings (SSSR count). The van der Waals surface area contributed by atoms with Gasteiger partial charge in [-0.1, -0.05) is 24.3 Å². The number of pyridine rings is 2. The number of benzene rings is 1. The van der Waals surface area contributed by atoms with Crippen LogP contribution >= 0.6 is 0 Å². The molecule has 0 aliphatic carbocycles. The highest BCUT2D eigenvalue weighted by Crippen LogP contribution is 2.45. The number of aromatic nitrogens is 2. The van der Waals surface area contributed by atoms with Crippen LogP contribution in [0.3, 0.4) is 0 Å². The van der Waals surface area contributed by atoms with E-state index in [1.54, 1.807) is 28.8 Å². The van der Waals surface area contributed by atoms with Gasteiger partial charge in [0, 0.05) is 47.1 Å². The highest BCUT2D eigenvalue weighted by atomic mass is 32.2. The fraction of sp³-hybridized carbons (Fsp3) is 0.370. The number of rotatable bonds is 7. The lowest BCUT2D eigenvalue weighted by Crippen LogP contribution is -2.42. The normalized spacial score (nSPS) is 16.8. The van der Waals surface area contributed by atoms with E-state index in [1.807, 2.05) is 50.4 Å². The summed E-state index contributed by atoms with van der Waals surface area (Å²) in [5.74, 6) is -0.955. The van der Waals surface area contributed by atoms with Crippen LogP contribution in [0.1, 0.15) is 54.8 Å². The molecule has 2 aromatic heterocycles. The third-order valence-electron chi connectivity index (χ3n) is 6.10. The summed E-state index contributed by atoms with van der Waals surface area (Å²) in [6.07, 6.45) is -0.930. The maximum atomic E-state index is 13.5. The van der Waals surface area contributed by atoms with Gasteiger partial charge in [-0.2, -0.15) is 13.2 Å². The fourth-order valence-electron chi connectivity index (χ4n) is 4.46. The number of hydrogen-bond donors (Lipinski definition) is 2. The minimum Gasteiger partial charge on any atom is -0.597 e. The van der Waals surface area contributed by atoms with E-state index in [9.17, 15) is 27.6 Å². The largest absolute Gasteiger partial charge is 0.597 e. The number of nitrogens with one attached hydrogen (secondary N) is 1. The van der Waals surface area contributed by atoms with Gasteiger partial charge >= 0.3 is 6.18 Å². The van der Waals surface area contributed by atoms with Crippen molar-refractivity contribution in [3.8, 4) is 22.4 Å². The van der Waals surface area contributed by atoms with Crippen molar-refractivity contribution in [3.63, 3.8) is 0 Å². The quantitative estimate of drug-likeness (QED) is 0.413. The molecule has 2 atom stereocenters. The Hall–Kier alpha value is -2.99. The van der Waals surface area contributed by atoms with Crippen molar-refractivity contribution >= 4 is 17.3 Å². The van der Waals surface area contributed by atoms with E-state index in [2.05, 4.69) is 9.97 Å². The Morgan fingerprint density at radius 1 is 1.16 bits per heavy atom. The molecule has 3 heterocycles. The Kier molecular flexibility index (Phi) is 8.12. The zero-order chi connectivity index (χ0) is 27.7. The van der Waals surface area contributed by atoms with Gasteiger partial charge in [-0.05, 0) is 56.5 Å². The first-order chi connectivity index (χ1) is 17.9. The van der Waals surface area contributed by atoms with Crippen LogP contribution in [-0.2, 0) is 17.9 Å². The Morgan fingerprint density at radius 3 is 2.50 bits per heavy atom. The first kappa shape index (κ1) is 28.0. The van der Waals surface area contributed by atoms with E-state index in [0.717, 1.165) is 11.1 Å². The van der Waals surface area contributed by atoms with Gasteiger partial charge < -0.3 is 15.0 Å². The molecule has 3 aromatic rings. The van der Waals surface area contributed by atoms with Crippen LogP contribution in [0, 0.1) is 0 Å². The molecule has 2 N–H and O–H groups in total. The smallest absolute Gasteiger partial charge is 0.405 e. The highest BCUT2D eigenvalue weighted by molar-refractivity contribution is 7.90.